The van der Waals surface area contributed by atoms with Crippen LogP contribution in [0, 0.1) is 0 Å². The van der Waals surface area contributed by atoms with Gasteiger partial charge in [-0.2, -0.15) is 8.42 Å². The van der Waals surface area contributed by atoms with Gasteiger partial charge in [0, 0.05) is 22.4 Å². The Morgan fingerprint density at radius 2 is 1.64 bits per heavy atom. The topological polar surface area (TPSA) is 115 Å². The minimum atomic E-state index is -4.55. The lowest BCUT2D eigenvalue weighted by molar-refractivity contribution is 0.0979. The molecule has 1 aliphatic rings. The highest BCUT2D eigenvalue weighted by atomic mass is 35.5. The van der Waals surface area contributed by atoms with Crippen molar-refractivity contribution in [2.45, 2.75) is 4.90 Å². The second-order valence-corrected chi connectivity index (χ2v) is 6.59. The lowest BCUT2D eigenvalue weighted by Gasteiger charge is -2.19. The van der Waals surface area contributed by atoms with Crippen LogP contribution in [0.25, 0.3) is 0 Å². The summed E-state index contributed by atoms with van der Waals surface area (Å²) in [4.78, 5) is 24.4. The fourth-order valence-corrected chi connectivity index (χ4v) is 3.27. The Labute approximate surface area is 130 Å². The van der Waals surface area contributed by atoms with Crippen molar-refractivity contribution >= 4 is 39.0 Å². The lowest BCUT2D eigenvalue weighted by atomic mass is 9.84. The molecule has 0 spiro atoms. The van der Waals surface area contributed by atoms with Gasteiger partial charge in [0.2, 0.25) is 0 Å². The third kappa shape index (κ3) is 2.10. The van der Waals surface area contributed by atoms with E-state index in [0.29, 0.717) is 5.69 Å². The van der Waals surface area contributed by atoms with Crippen LogP contribution in [-0.4, -0.2) is 24.5 Å². The number of hydrogen-bond acceptors (Lipinski definition) is 5. The Balaban J connectivity index is 2.35. The second kappa shape index (κ2) is 4.64. The smallest absolute Gasteiger partial charge is 0.294 e. The third-order valence-electron chi connectivity index (χ3n) is 3.37. The molecule has 0 aliphatic heterocycles. The van der Waals surface area contributed by atoms with Gasteiger partial charge in [-0.25, -0.2) is 0 Å². The minimum absolute atomic E-state index is 0.0998. The molecule has 0 bridgehead atoms. The van der Waals surface area contributed by atoms with Gasteiger partial charge in [-0.3, -0.25) is 14.1 Å². The largest absolute Gasteiger partial charge is 0.399 e. The predicted molar refractivity (Wildman–Crippen MR) is 79.0 cm³/mol. The van der Waals surface area contributed by atoms with E-state index in [1.165, 1.54) is 18.2 Å². The summed E-state index contributed by atoms with van der Waals surface area (Å²) in [5.74, 6) is -1.08. The van der Waals surface area contributed by atoms with Crippen LogP contribution in [0.4, 0.5) is 5.69 Å². The van der Waals surface area contributed by atoms with Crippen molar-refractivity contribution in [3.05, 3.63) is 57.6 Å². The lowest BCUT2D eigenvalue weighted by Crippen LogP contribution is -2.22. The van der Waals surface area contributed by atoms with Gasteiger partial charge in [0.15, 0.2) is 11.6 Å². The molecule has 0 atom stereocenters. The number of carbonyl (C=O) groups is 2. The third-order valence-corrected chi connectivity index (χ3v) is 4.50. The van der Waals surface area contributed by atoms with Crippen LogP contribution in [0.5, 0.6) is 0 Å². The molecular weight excluding hydrogens is 330 g/mol. The summed E-state index contributed by atoms with van der Waals surface area (Å²) in [5.41, 5.74) is 5.89. The van der Waals surface area contributed by atoms with E-state index < -0.39 is 26.6 Å². The van der Waals surface area contributed by atoms with Gasteiger partial charge in [-0.05, 0) is 30.3 Å². The molecule has 0 aromatic heterocycles. The summed E-state index contributed by atoms with van der Waals surface area (Å²) in [6.07, 6.45) is 0. The van der Waals surface area contributed by atoms with Crippen molar-refractivity contribution in [3.63, 3.8) is 0 Å². The van der Waals surface area contributed by atoms with Crippen LogP contribution >= 0.6 is 11.6 Å². The summed E-state index contributed by atoms with van der Waals surface area (Å²) < 4.78 is 31.6. The maximum absolute atomic E-state index is 12.5. The minimum Gasteiger partial charge on any atom is -0.399 e. The second-order valence-electron chi connectivity index (χ2n) is 4.77. The molecule has 0 saturated heterocycles. The van der Waals surface area contributed by atoms with Gasteiger partial charge in [-0.1, -0.05) is 11.6 Å². The maximum Gasteiger partial charge on any atom is 0.294 e. The van der Waals surface area contributed by atoms with Crippen LogP contribution < -0.4 is 5.73 Å². The molecule has 0 saturated carbocycles. The molecule has 112 valence electrons. The molecule has 8 heteroatoms. The number of rotatable bonds is 1. The summed E-state index contributed by atoms with van der Waals surface area (Å²) in [6, 6.07) is 6.09. The quantitative estimate of drug-likeness (QED) is 0.518. The van der Waals surface area contributed by atoms with E-state index in [9.17, 15) is 18.0 Å². The number of anilines is 1. The fraction of sp³-hybridized carbons (Fsp3) is 0. The highest BCUT2D eigenvalue weighted by Crippen LogP contribution is 2.34. The van der Waals surface area contributed by atoms with Gasteiger partial charge in [0.1, 0.15) is 0 Å². The Morgan fingerprint density at radius 1 is 0.955 bits per heavy atom. The molecule has 0 radical (unpaired) electrons. The van der Waals surface area contributed by atoms with E-state index in [2.05, 4.69) is 0 Å². The zero-order chi connectivity index (χ0) is 16.2. The number of nitrogens with two attached hydrogens (primary N) is 1. The van der Waals surface area contributed by atoms with Crippen molar-refractivity contribution in [1.29, 1.82) is 0 Å². The highest BCUT2D eigenvalue weighted by molar-refractivity contribution is 7.85. The molecule has 2 aromatic rings. The van der Waals surface area contributed by atoms with Crippen LogP contribution in [-0.2, 0) is 10.1 Å². The molecule has 3 rings (SSSR count). The summed E-state index contributed by atoms with van der Waals surface area (Å²) >= 11 is 5.94. The SMILES string of the molecule is Nc1ccc2c(c1)C(=O)c1c(Cl)cc(S(=O)(=O)O)cc1C2=O. The van der Waals surface area contributed by atoms with Crippen molar-refractivity contribution in [1.82, 2.24) is 0 Å². The average molecular weight is 338 g/mol. The molecular formula is C14H8ClNO5S. The summed E-state index contributed by atoms with van der Waals surface area (Å²) in [7, 11) is -4.55. The summed E-state index contributed by atoms with van der Waals surface area (Å²) in [5, 5.41) is -0.225. The van der Waals surface area contributed by atoms with Gasteiger partial charge in [-0.15, -0.1) is 0 Å². The molecule has 2 aromatic carbocycles. The van der Waals surface area contributed by atoms with Crippen LogP contribution in [0.3, 0.4) is 0 Å². The van der Waals surface area contributed by atoms with E-state index in [-0.39, 0.29) is 27.3 Å². The van der Waals surface area contributed by atoms with Crippen molar-refractivity contribution in [2.75, 3.05) is 5.73 Å². The standard InChI is InChI=1S/C14H8ClNO5S/c15-11-5-7(22(19,20)21)4-10-12(11)14(18)9-3-6(16)1-2-8(9)13(10)17/h1-5H,16H2,(H,19,20,21). The molecule has 0 unspecified atom stereocenters. The number of carbonyl (C=O) groups excluding carboxylic acids is 2. The van der Waals surface area contributed by atoms with Crippen molar-refractivity contribution in [2.24, 2.45) is 0 Å². The monoisotopic (exact) mass is 337 g/mol. The molecule has 22 heavy (non-hydrogen) atoms. The normalized spacial score (nSPS) is 13.7. The van der Waals surface area contributed by atoms with E-state index in [1.807, 2.05) is 0 Å². The molecule has 3 N–H and O–H groups in total. The maximum atomic E-state index is 12.5. The Morgan fingerprint density at radius 3 is 2.27 bits per heavy atom. The predicted octanol–water partition coefficient (Wildman–Crippen LogP) is 1.94. The highest BCUT2D eigenvalue weighted by Gasteiger charge is 2.33. The first-order valence-electron chi connectivity index (χ1n) is 6.00. The molecule has 0 fully saturated rings. The first kappa shape index (κ1) is 14.7. The Hall–Kier alpha value is -2.22. The van der Waals surface area contributed by atoms with Crippen LogP contribution in [0.15, 0.2) is 35.2 Å². The fourth-order valence-electron chi connectivity index (χ4n) is 2.37. The number of nitrogen functional groups attached to an aromatic ring is 1. The van der Waals surface area contributed by atoms with Gasteiger partial charge in [0.25, 0.3) is 10.1 Å². The summed E-state index contributed by atoms with van der Waals surface area (Å²) in [6.45, 7) is 0. The molecule has 0 amide bonds. The van der Waals surface area contributed by atoms with E-state index in [1.54, 1.807) is 0 Å². The van der Waals surface area contributed by atoms with E-state index in [0.717, 1.165) is 12.1 Å². The number of halogens is 1. The number of fused-ring (bicyclic) bond motifs is 2. The zero-order valence-corrected chi connectivity index (χ0v) is 12.4. The van der Waals surface area contributed by atoms with E-state index >= 15 is 0 Å². The number of ketones is 2. The van der Waals surface area contributed by atoms with Crippen molar-refractivity contribution in [3.8, 4) is 0 Å². The van der Waals surface area contributed by atoms with Gasteiger partial charge >= 0.3 is 0 Å². The van der Waals surface area contributed by atoms with Crippen LogP contribution in [0.1, 0.15) is 31.8 Å². The molecule has 1 aliphatic carbocycles. The molecule has 6 nitrogen and oxygen atoms in total. The zero-order valence-electron chi connectivity index (χ0n) is 10.8. The first-order chi connectivity index (χ1) is 10.2. The first-order valence-corrected chi connectivity index (χ1v) is 7.82. The molecule has 0 heterocycles. The number of hydrogen-bond donors (Lipinski definition) is 2. The average Bonchev–Trinajstić information content (AvgIpc) is 2.43. The van der Waals surface area contributed by atoms with Gasteiger partial charge < -0.3 is 5.73 Å². The van der Waals surface area contributed by atoms with Gasteiger partial charge in [0.05, 0.1) is 15.5 Å². The van der Waals surface area contributed by atoms with Crippen molar-refractivity contribution < 1.29 is 22.6 Å². The number of benzene rings is 2. The Bertz CT molecular complexity index is 965. The Kier molecular flexibility index (Phi) is 3.10. The van der Waals surface area contributed by atoms with E-state index in [4.69, 9.17) is 21.9 Å². The van der Waals surface area contributed by atoms with Crippen LogP contribution in [0.2, 0.25) is 5.02 Å².